The maximum absolute atomic E-state index is 10.5. The Hall–Kier alpha value is -0.870. The van der Waals surface area contributed by atoms with Crippen LogP contribution in [-0.4, -0.2) is 28.9 Å². The van der Waals surface area contributed by atoms with Crippen LogP contribution in [0.3, 0.4) is 0 Å². The molecule has 0 saturated heterocycles. The van der Waals surface area contributed by atoms with Crippen molar-refractivity contribution in [1.29, 1.82) is 0 Å². The Labute approximate surface area is 71.5 Å². The van der Waals surface area contributed by atoms with E-state index in [4.69, 9.17) is 14.9 Å². The Morgan fingerprint density at radius 3 is 2.17 bits per heavy atom. The zero-order chi connectivity index (χ0) is 9.72. The molecule has 0 aliphatic carbocycles. The molecule has 0 rings (SSSR count). The lowest BCUT2D eigenvalue weighted by atomic mass is 10.2. The fourth-order valence-corrected chi connectivity index (χ4v) is 0.741. The number of aliphatic hydroxyl groups is 2. The van der Waals surface area contributed by atoms with Gasteiger partial charge in [0.2, 0.25) is 0 Å². The van der Waals surface area contributed by atoms with E-state index in [1.54, 1.807) is 13.8 Å². The topological polar surface area (TPSA) is 66.8 Å². The van der Waals surface area contributed by atoms with E-state index in [0.29, 0.717) is 5.57 Å². The highest BCUT2D eigenvalue weighted by atomic mass is 16.5. The number of aliphatic hydroxyl groups excluding tert-OH is 2. The lowest BCUT2D eigenvalue weighted by Crippen LogP contribution is -2.20. The largest absolute Gasteiger partial charge is 0.428 e. The van der Waals surface area contributed by atoms with Gasteiger partial charge in [0.25, 0.3) is 0 Å². The Morgan fingerprint density at radius 1 is 1.42 bits per heavy atom. The van der Waals surface area contributed by atoms with E-state index >= 15 is 0 Å². The summed E-state index contributed by atoms with van der Waals surface area (Å²) < 4.78 is 4.70. The molecule has 0 aromatic rings. The average Bonchev–Trinajstić information content (AvgIpc) is 1.98. The van der Waals surface area contributed by atoms with Crippen molar-refractivity contribution in [2.45, 2.75) is 26.9 Å². The molecule has 0 spiro atoms. The van der Waals surface area contributed by atoms with Gasteiger partial charge in [-0.2, -0.15) is 0 Å². The van der Waals surface area contributed by atoms with Crippen molar-refractivity contribution in [3.05, 3.63) is 11.3 Å². The minimum absolute atomic E-state index is 0.130. The Balaban J connectivity index is 4.46. The quantitative estimate of drug-likeness (QED) is 0.473. The minimum atomic E-state index is -1.11. The molecule has 0 fully saturated rings. The van der Waals surface area contributed by atoms with Crippen LogP contribution in [0.2, 0.25) is 0 Å². The third kappa shape index (κ3) is 3.50. The minimum Gasteiger partial charge on any atom is -0.428 e. The van der Waals surface area contributed by atoms with Gasteiger partial charge < -0.3 is 14.9 Å². The number of carbonyl (C=O) groups is 1. The summed E-state index contributed by atoms with van der Waals surface area (Å²) in [6, 6.07) is 0. The predicted molar refractivity (Wildman–Crippen MR) is 43.2 cm³/mol. The molecule has 0 aromatic carbocycles. The summed E-state index contributed by atoms with van der Waals surface area (Å²) in [5.41, 5.74) is 0.673. The van der Waals surface area contributed by atoms with Crippen LogP contribution in [0.4, 0.5) is 0 Å². The molecule has 70 valence electrons. The Kier molecular flexibility index (Phi) is 4.54. The summed E-state index contributed by atoms with van der Waals surface area (Å²) in [6.07, 6.45) is -1.11. The Morgan fingerprint density at radius 2 is 1.92 bits per heavy atom. The van der Waals surface area contributed by atoms with Crippen molar-refractivity contribution in [3.63, 3.8) is 0 Å². The molecular formula is C8H14O4. The summed E-state index contributed by atoms with van der Waals surface area (Å²) in [7, 11) is 0. The van der Waals surface area contributed by atoms with Crippen LogP contribution in [0.5, 0.6) is 0 Å². The zero-order valence-electron chi connectivity index (χ0n) is 7.50. The third-order valence-electron chi connectivity index (χ3n) is 1.22. The van der Waals surface area contributed by atoms with E-state index in [1.165, 1.54) is 6.92 Å². The first-order valence-corrected chi connectivity index (χ1v) is 3.63. The monoisotopic (exact) mass is 174 g/mol. The van der Waals surface area contributed by atoms with Gasteiger partial charge in [-0.3, -0.25) is 4.79 Å². The van der Waals surface area contributed by atoms with Gasteiger partial charge in [0.15, 0.2) is 0 Å². The first-order valence-electron chi connectivity index (χ1n) is 3.63. The van der Waals surface area contributed by atoms with Gasteiger partial charge >= 0.3 is 5.97 Å². The maximum Gasteiger partial charge on any atom is 0.307 e. The smallest absolute Gasteiger partial charge is 0.307 e. The molecule has 0 aliphatic rings. The molecule has 12 heavy (non-hydrogen) atoms. The molecule has 0 radical (unpaired) electrons. The summed E-state index contributed by atoms with van der Waals surface area (Å²) in [5, 5.41) is 17.7. The summed E-state index contributed by atoms with van der Waals surface area (Å²) in [5.74, 6) is -0.372. The molecule has 0 heterocycles. The fourth-order valence-electron chi connectivity index (χ4n) is 0.741. The SMILES string of the molecule is CC(=O)OC(=C(C)C)C(O)CO. The van der Waals surface area contributed by atoms with Crippen molar-refractivity contribution in [1.82, 2.24) is 0 Å². The second-order valence-corrected chi connectivity index (χ2v) is 2.66. The van der Waals surface area contributed by atoms with Gasteiger partial charge in [-0.05, 0) is 19.4 Å². The van der Waals surface area contributed by atoms with E-state index < -0.39 is 18.7 Å². The second kappa shape index (κ2) is 4.90. The highest BCUT2D eigenvalue weighted by Gasteiger charge is 2.14. The highest BCUT2D eigenvalue weighted by Crippen LogP contribution is 2.10. The molecule has 4 nitrogen and oxygen atoms in total. The standard InChI is InChI=1S/C8H14O4/c1-5(2)8(7(11)4-9)12-6(3)10/h7,9,11H,4H2,1-3H3. The number of hydrogen-bond donors (Lipinski definition) is 2. The maximum atomic E-state index is 10.5. The third-order valence-corrected chi connectivity index (χ3v) is 1.22. The van der Waals surface area contributed by atoms with E-state index in [1.807, 2.05) is 0 Å². The van der Waals surface area contributed by atoms with Gasteiger partial charge in [0.05, 0.1) is 6.61 Å². The van der Waals surface area contributed by atoms with Crippen molar-refractivity contribution >= 4 is 5.97 Å². The highest BCUT2D eigenvalue weighted by molar-refractivity contribution is 5.67. The number of esters is 1. The van der Waals surface area contributed by atoms with Crippen LogP contribution in [0.15, 0.2) is 11.3 Å². The van der Waals surface area contributed by atoms with Crippen LogP contribution in [0.1, 0.15) is 20.8 Å². The van der Waals surface area contributed by atoms with Crippen molar-refractivity contribution in [2.75, 3.05) is 6.61 Å². The lowest BCUT2D eigenvalue weighted by molar-refractivity contribution is -0.139. The normalized spacial score (nSPS) is 12.1. The van der Waals surface area contributed by atoms with E-state index in [0.717, 1.165) is 0 Å². The number of ether oxygens (including phenoxy) is 1. The van der Waals surface area contributed by atoms with Crippen molar-refractivity contribution in [2.24, 2.45) is 0 Å². The molecule has 0 amide bonds. The van der Waals surface area contributed by atoms with Gasteiger partial charge in [-0.1, -0.05) is 0 Å². The van der Waals surface area contributed by atoms with E-state index in [-0.39, 0.29) is 5.76 Å². The molecule has 0 saturated carbocycles. The number of carbonyl (C=O) groups excluding carboxylic acids is 1. The van der Waals surface area contributed by atoms with Crippen molar-refractivity contribution < 1.29 is 19.7 Å². The van der Waals surface area contributed by atoms with Crippen LogP contribution in [0, 0.1) is 0 Å². The van der Waals surface area contributed by atoms with Gasteiger partial charge in [-0.25, -0.2) is 0 Å². The second-order valence-electron chi connectivity index (χ2n) is 2.66. The number of rotatable bonds is 3. The first-order chi connectivity index (χ1) is 5.49. The van der Waals surface area contributed by atoms with Crippen LogP contribution in [-0.2, 0) is 9.53 Å². The van der Waals surface area contributed by atoms with Gasteiger partial charge in [0.1, 0.15) is 11.9 Å². The summed E-state index contributed by atoms with van der Waals surface area (Å²) >= 11 is 0. The molecule has 2 N–H and O–H groups in total. The fraction of sp³-hybridized carbons (Fsp3) is 0.625. The van der Waals surface area contributed by atoms with E-state index in [9.17, 15) is 4.79 Å². The summed E-state index contributed by atoms with van der Waals surface area (Å²) in [6.45, 7) is 4.18. The van der Waals surface area contributed by atoms with Crippen LogP contribution in [0.25, 0.3) is 0 Å². The Bertz CT molecular complexity index is 191. The van der Waals surface area contributed by atoms with Crippen LogP contribution < -0.4 is 0 Å². The average molecular weight is 174 g/mol. The molecule has 4 heteroatoms. The molecule has 0 aliphatic heterocycles. The van der Waals surface area contributed by atoms with Gasteiger partial charge in [-0.15, -0.1) is 0 Å². The van der Waals surface area contributed by atoms with Crippen LogP contribution >= 0.6 is 0 Å². The zero-order valence-corrected chi connectivity index (χ0v) is 7.50. The van der Waals surface area contributed by atoms with Gasteiger partial charge in [0, 0.05) is 6.92 Å². The predicted octanol–water partition coefficient (Wildman–Crippen LogP) is 0.197. The van der Waals surface area contributed by atoms with E-state index in [2.05, 4.69) is 0 Å². The number of hydrogen-bond acceptors (Lipinski definition) is 4. The number of allylic oxidation sites excluding steroid dienone is 1. The van der Waals surface area contributed by atoms with Crippen molar-refractivity contribution in [3.8, 4) is 0 Å². The molecular weight excluding hydrogens is 160 g/mol. The molecule has 0 bridgehead atoms. The molecule has 1 unspecified atom stereocenters. The lowest BCUT2D eigenvalue weighted by Gasteiger charge is -2.13. The molecule has 1 atom stereocenters. The first kappa shape index (κ1) is 11.1. The molecule has 0 aromatic heterocycles. The summed E-state index contributed by atoms with van der Waals surface area (Å²) in [4.78, 5) is 10.5.